The molecule has 2 nitrogen and oxygen atoms in total. The van der Waals surface area contributed by atoms with E-state index in [1.54, 1.807) is 6.07 Å². The first kappa shape index (κ1) is 18.3. The van der Waals surface area contributed by atoms with Gasteiger partial charge in [-0.3, -0.25) is 0 Å². The number of rotatable bonds is 6. The van der Waals surface area contributed by atoms with Crippen LogP contribution in [0.3, 0.4) is 0 Å². The minimum absolute atomic E-state index is 0.0969. The van der Waals surface area contributed by atoms with Gasteiger partial charge in [0.15, 0.2) is 0 Å². The zero-order valence-electron chi connectivity index (χ0n) is 11.8. The molecule has 114 valence electrons. The fraction of sp³-hybridized carbons (Fsp3) is 0.571. The van der Waals surface area contributed by atoms with E-state index in [-0.39, 0.29) is 5.54 Å². The van der Waals surface area contributed by atoms with Crippen LogP contribution in [0.2, 0.25) is 20.1 Å². The van der Waals surface area contributed by atoms with E-state index in [9.17, 15) is 0 Å². The van der Waals surface area contributed by atoms with Gasteiger partial charge in [-0.2, -0.15) is 0 Å². The third-order valence-corrected chi connectivity index (χ3v) is 4.25. The highest BCUT2D eigenvalue weighted by molar-refractivity contribution is 6.49. The summed E-state index contributed by atoms with van der Waals surface area (Å²) in [4.78, 5) is 0. The highest BCUT2D eigenvalue weighted by Crippen LogP contribution is 2.37. The summed E-state index contributed by atoms with van der Waals surface area (Å²) >= 11 is 24.1. The average Bonchev–Trinajstić information content (AvgIpc) is 2.33. The van der Waals surface area contributed by atoms with Gasteiger partial charge < -0.3 is 10.1 Å². The minimum atomic E-state index is 0.0969. The predicted molar refractivity (Wildman–Crippen MR) is 88.8 cm³/mol. The Morgan fingerprint density at radius 2 is 1.65 bits per heavy atom. The van der Waals surface area contributed by atoms with Crippen LogP contribution in [0.25, 0.3) is 0 Å². The molecule has 0 aromatic heterocycles. The van der Waals surface area contributed by atoms with E-state index in [0.717, 1.165) is 12.1 Å². The van der Waals surface area contributed by atoms with Gasteiger partial charge in [0.05, 0.1) is 28.3 Å². The van der Waals surface area contributed by atoms with E-state index < -0.39 is 0 Å². The topological polar surface area (TPSA) is 21.3 Å². The molecule has 0 bridgehead atoms. The molecule has 1 aromatic carbocycles. The van der Waals surface area contributed by atoms with Crippen LogP contribution < -0.4 is 5.32 Å². The zero-order chi connectivity index (χ0) is 15.3. The molecule has 0 atom stereocenters. The Morgan fingerprint density at radius 1 is 1.00 bits per heavy atom. The van der Waals surface area contributed by atoms with Crippen molar-refractivity contribution >= 4 is 46.4 Å². The second-order valence-electron chi connectivity index (χ2n) is 5.49. The molecule has 0 spiro atoms. The van der Waals surface area contributed by atoms with Crippen molar-refractivity contribution in [3.05, 3.63) is 31.7 Å². The second kappa shape index (κ2) is 8.07. The maximum Gasteiger partial charge on any atom is 0.0782 e. The summed E-state index contributed by atoms with van der Waals surface area (Å²) < 4.78 is 5.56. The Balaban J connectivity index is 2.42. The molecular formula is C14H19Cl4NO. The number of nitrogens with one attached hydrogen (secondary N) is 1. The van der Waals surface area contributed by atoms with E-state index in [4.69, 9.17) is 51.1 Å². The summed E-state index contributed by atoms with van der Waals surface area (Å²) in [6.45, 7) is 8.30. The molecule has 0 aliphatic carbocycles. The highest BCUT2D eigenvalue weighted by Gasteiger charge is 2.13. The van der Waals surface area contributed by atoms with Gasteiger partial charge in [-0.1, -0.05) is 46.4 Å². The van der Waals surface area contributed by atoms with Crippen molar-refractivity contribution in [1.29, 1.82) is 0 Å². The van der Waals surface area contributed by atoms with Crippen LogP contribution in [-0.2, 0) is 11.2 Å². The molecule has 0 unspecified atom stereocenters. The van der Waals surface area contributed by atoms with Crippen LogP contribution in [0.4, 0.5) is 0 Å². The van der Waals surface area contributed by atoms with Crippen molar-refractivity contribution in [1.82, 2.24) is 5.32 Å². The highest BCUT2D eigenvalue weighted by atomic mass is 35.5. The van der Waals surface area contributed by atoms with Gasteiger partial charge in [0.2, 0.25) is 0 Å². The number of hydrogen-bond donors (Lipinski definition) is 1. The van der Waals surface area contributed by atoms with Crippen molar-refractivity contribution in [2.75, 3.05) is 19.8 Å². The molecule has 1 aromatic rings. The van der Waals surface area contributed by atoms with Crippen molar-refractivity contribution in [2.24, 2.45) is 0 Å². The summed E-state index contributed by atoms with van der Waals surface area (Å²) in [5.41, 5.74) is 0.867. The Hall–Kier alpha value is 0.300. The third-order valence-electron chi connectivity index (χ3n) is 2.61. The summed E-state index contributed by atoms with van der Waals surface area (Å²) in [6.07, 6.45) is 0.601. The minimum Gasteiger partial charge on any atom is -0.380 e. The second-order valence-corrected chi connectivity index (χ2v) is 7.06. The normalized spacial score (nSPS) is 11.9. The molecule has 0 aliphatic rings. The van der Waals surface area contributed by atoms with Crippen LogP contribution in [0.15, 0.2) is 6.07 Å². The SMILES string of the molecule is CC(C)(C)NCCOCCc1c(Cl)cc(Cl)c(Cl)c1Cl. The molecule has 0 amide bonds. The van der Waals surface area contributed by atoms with Gasteiger partial charge in [0, 0.05) is 17.1 Å². The van der Waals surface area contributed by atoms with E-state index in [1.807, 2.05) is 0 Å². The summed E-state index contributed by atoms with van der Waals surface area (Å²) in [5, 5.41) is 4.96. The van der Waals surface area contributed by atoms with Crippen molar-refractivity contribution < 1.29 is 4.74 Å². The monoisotopic (exact) mass is 357 g/mol. The lowest BCUT2D eigenvalue weighted by molar-refractivity contribution is 0.134. The Bertz CT molecular complexity index is 457. The molecule has 0 radical (unpaired) electrons. The van der Waals surface area contributed by atoms with E-state index in [0.29, 0.717) is 39.7 Å². The lowest BCUT2D eigenvalue weighted by Crippen LogP contribution is -2.38. The van der Waals surface area contributed by atoms with Gasteiger partial charge in [-0.25, -0.2) is 0 Å². The van der Waals surface area contributed by atoms with E-state index in [2.05, 4.69) is 26.1 Å². The van der Waals surface area contributed by atoms with Gasteiger partial charge in [-0.05, 0) is 38.8 Å². The Labute approximate surface area is 140 Å². The van der Waals surface area contributed by atoms with Crippen LogP contribution >= 0.6 is 46.4 Å². The number of benzene rings is 1. The lowest BCUT2D eigenvalue weighted by atomic mass is 10.1. The van der Waals surface area contributed by atoms with E-state index in [1.165, 1.54) is 0 Å². The van der Waals surface area contributed by atoms with Crippen LogP contribution in [0, 0.1) is 0 Å². The third kappa shape index (κ3) is 5.97. The first-order chi connectivity index (χ1) is 9.22. The summed E-state index contributed by atoms with van der Waals surface area (Å²) in [6, 6.07) is 1.60. The molecule has 6 heteroatoms. The summed E-state index contributed by atoms with van der Waals surface area (Å²) in [7, 11) is 0. The maximum atomic E-state index is 6.13. The predicted octanol–water partition coefficient (Wildman–Crippen LogP) is 5.25. The van der Waals surface area contributed by atoms with Gasteiger partial charge >= 0.3 is 0 Å². The molecule has 0 heterocycles. The maximum absolute atomic E-state index is 6.13. The van der Waals surface area contributed by atoms with Gasteiger partial charge in [0.1, 0.15) is 0 Å². The van der Waals surface area contributed by atoms with Crippen molar-refractivity contribution in [3.63, 3.8) is 0 Å². The van der Waals surface area contributed by atoms with Gasteiger partial charge in [0.25, 0.3) is 0 Å². The van der Waals surface area contributed by atoms with Crippen LogP contribution in [-0.4, -0.2) is 25.3 Å². The summed E-state index contributed by atoms with van der Waals surface area (Å²) in [5.74, 6) is 0. The van der Waals surface area contributed by atoms with Crippen molar-refractivity contribution in [3.8, 4) is 0 Å². The first-order valence-corrected chi connectivity index (χ1v) is 7.88. The molecular weight excluding hydrogens is 340 g/mol. The molecule has 0 saturated carbocycles. The molecule has 1 N–H and O–H groups in total. The molecule has 0 saturated heterocycles. The molecule has 0 aliphatic heterocycles. The lowest BCUT2D eigenvalue weighted by Gasteiger charge is -2.20. The fourth-order valence-electron chi connectivity index (χ4n) is 1.61. The number of ether oxygens (including phenoxy) is 1. The number of halogens is 4. The van der Waals surface area contributed by atoms with Crippen LogP contribution in [0.5, 0.6) is 0 Å². The van der Waals surface area contributed by atoms with Crippen molar-refractivity contribution in [2.45, 2.75) is 32.7 Å². The Morgan fingerprint density at radius 3 is 2.25 bits per heavy atom. The molecule has 20 heavy (non-hydrogen) atoms. The largest absolute Gasteiger partial charge is 0.380 e. The fourth-order valence-corrected chi connectivity index (χ4v) is 2.73. The zero-order valence-corrected chi connectivity index (χ0v) is 14.8. The van der Waals surface area contributed by atoms with Crippen LogP contribution in [0.1, 0.15) is 26.3 Å². The van der Waals surface area contributed by atoms with Gasteiger partial charge in [-0.15, -0.1) is 0 Å². The Kier molecular flexibility index (Phi) is 7.40. The number of hydrogen-bond acceptors (Lipinski definition) is 2. The quantitative estimate of drug-likeness (QED) is 0.426. The average molecular weight is 359 g/mol. The standard InChI is InChI=1S/C14H19Cl4NO/c1-14(2,3)19-5-7-20-6-4-9-10(15)8-11(16)13(18)12(9)17/h8,19H,4-7H2,1-3H3. The molecule has 0 fully saturated rings. The van der Waals surface area contributed by atoms with E-state index >= 15 is 0 Å². The molecule has 1 rings (SSSR count). The first-order valence-electron chi connectivity index (χ1n) is 6.37. The smallest absolute Gasteiger partial charge is 0.0782 e.